The van der Waals surface area contributed by atoms with Gasteiger partial charge in [-0.3, -0.25) is 4.79 Å². The Bertz CT molecular complexity index is 413. The third kappa shape index (κ3) is 5.03. The highest BCUT2D eigenvalue weighted by atomic mass is 32.2. The summed E-state index contributed by atoms with van der Waals surface area (Å²) < 4.78 is 25.3. The molecule has 6 nitrogen and oxygen atoms in total. The normalized spacial score (nSPS) is 19.0. The van der Waals surface area contributed by atoms with Crippen molar-refractivity contribution in [2.24, 2.45) is 5.41 Å². The van der Waals surface area contributed by atoms with Crippen molar-refractivity contribution in [3.05, 3.63) is 0 Å². The molecule has 1 heterocycles. The van der Waals surface area contributed by atoms with Crippen molar-refractivity contribution in [3.8, 4) is 0 Å². The van der Waals surface area contributed by atoms with E-state index in [1.165, 1.54) is 4.31 Å². The fourth-order valence-electron chi connectivity index (χ4n) is 2.44. The molecule has 1 fully saturated rings. The van der Waals surface area contributed by atoms with E-state index in [9.17, 15) is 13.2 Å². The molecule has 0 aromatic rings. The predicted molar refractivity (Wildman–Crippen MR) is 79.9 cm³/mol. The van der Waals surface area contributed by atoms with Gasteiger partial charge in [0.15, 0.2) is 0 Å². The quantitative estimate of drug-likeness (QED) is 0.702. The van der Waals surface area contributed by atoms with E-state index in [1.807, 2.05) is 0 Å². The van der Waals surface area contributed by atoms with E-state index in [0.29, 0.717) is 19.6 Å². The second kappa shape index (κ2) is 7.38. The molecule has 1 saturated heterocycles. The summed E-state index contributed by atoms with van der Waals surface area (Å²) >= 11 is 0. The maximum Gasteiger partial charge on any atom is 0.236 e. The molecule has 0 bridgehead atoms. The second-order valence-electron chi connectivity index (χ2n) is 5.68. The van der Waals surface area contributed by atoms with Gasteiger partial charge in [0.05, 0.1) is 0 Å². The first-order chi connectivity index (χ1) is 9.33. The van der Waals surface area contributed by atoms with E-state index in [1.54, 1.807) is 13.8 Å². The number of hydrogen-bond donors (Lipinski definition) is 2. The van der Waals surface area contributed by atoms with Crippen molar-refractivity contribution in [1.29, 1.82) is 0 Å². The lowest BCUT2D eigenvalue weighted by Gasteiger charge is -2.34. The minimum Gasteiger partial charge on any atom is -0.355 e. The molecular weight excluding hydrogens is 278 g/mol. The number of amides is 1. The summed E-state index contributed by atoms with van der Waals surface area (Å²) in [6.07, 6.45) is 1.99. The van der Waals surface area contributed by atoms with Crippen molar-refractivity contribution >= 4 is 15.9 Å². The summed E-state index contributed by atoms with van der Waals surface area (Å²) in [7, 11) is -3.49. The SMILES string of the molecule is CCN(CC)S(=O)(=O)CC(=O)NCC1(C)CCNCC1. The molecule has 7 heteroatoms. The van der Waals surface area contributed by atoms with Gasteiger partial charge in [-0.25, -0.2) is 12.7 Å². The standard InChI is InChI=1S/C13H27N3O3S/c1-4-16(5-2)20(18,19)10-12(17)15-11-13(3)6-8-14-9-7-13/h14H,4-11H2,1-3H3,(H,15,17). The lowest BCUT2D eigenvalue weighted by atomic mass is 9.81. The molecule has 0 aliphatic carbocycles. The van der Waals surface area contributed by atoms with E-state index in [0.717, 1.165) is 25.9 Å². The van der Waals surface area contributed by atoms with E-state index in [-0.39, 0.29) is 5.41 Å². The Balaban J connectivity index is 2.47. The average molecular weight is 305 g/mol. The van der Waals surface area contributed by atoms with Crippen LogP contribution in [0.2, 0.25) is 0 Å². The van der Waals surface area contributed by atoms with Crippen molar-refractivity contribution in [2.45, 2.75) is 33.6 Å². The summed E-state index contributed by atoms with van der Waals surface area (Å²) in [4.78, 5) is 11.8. The van der Waals surface area contributed by atoms with Crippen LogP contribution >= 0.6 is 0 Å². The van der Waals surface area contributed by atoms with Crippen LogP contribution in [0.4, 0.5) is 0 Å². The smallest absolute Gasteiger partial charge is 0.236 e. The summed E-state index contributed by atoms with van der Waals surface area (Å²) in [5.41, 5.74) is 0.0693. The lowest BCUT2D eigenvalue weighted by Crippen LogP contribution is -2.45. The molecule has 1 aliphatic heterocycles. The number of nitrogens with zero attached hydrogens (tertiary/aromatic N) is 1. The number of carbonyl (C=O) groups excluding carboxylic acids is 1. The molecule has 1 rings (SSSR count). The van der Waals surface area contributed by atoms with E-state index < -0.39 is 21.7 Å². The topological polar surface area (TPSA) is 78.5 Å². The minimum atomic E-state index is -3.49. The zero-order valence-corrected chi connectivity index (χ0v) is 13.6. The van der Waals surface area contributed by atoms with Crippen molar-refractivity contribution < 1.29 is 13.2 Å². The Kier molecular flexibility index (Phi) is 6.42. The maximum atomic E-state index is 12.0. The number of carbonyl (C=O) groups is 1. The van der Waals surface area contributed by atoms with Gasteiger partial charge in [0.1, 0.15) is 5.75 Å². The molecule has 0 aromatic carbocycles. The molecule has 0 unspecified atom stereocenters. The number of hydrogen-bond acceptors (Lipinski definition) is 4. The highest BCUT2D eigenvalue weighted by molar-refractivity contribution is 7.89. The van der Waals surface area contributed by atoms with Crippen LogP contribution in [0.3, 0.4) is 0 Å². The fourth-order valence-corrected chi connectivity index (χ4v) is 3.85. The van der Waals surface area contributed by atoms with E-state index >= 15 is 0 Å². The van der Waals surface area contributed by atoms with Gasteiger partial charge in [0.25, 0.3) is 0 Å². The number of sulfonamides is 1. The first-order valence-corrected chi connectivity index (χ1v) is 8.89. The van der Waals surface area contributed by atoms with Gasteiger partial charge in [-0.2, -0.15) is 0 Å². The lowest BCUT2D eigenvalue weighted by molar-refractivity contribution is -0.119. The van der Waals surface area contributed by atoms with Gasteiger partial charge >= 0.3 is 0 Å². The summed E-state index contributed by atoms with van der Waals surface area (Å²) in [5.74, 6) is -0.861. The molecular formula is C13H27N3O3S. The first kappa shape index (κ1) is 17.4. The Morgan fingerprint density at radius 3 is 2.30 bits per heavy atom. The molecule has 1 aliphatic rings. The Hall–Kier alpha value is -0.660. The van der Waals surface area contributed by atoms with Crippen LogP contribution in [0.25, 0.3) is 0 Å². The number of piperidine rings is 1. The zero-order chi connectivity index (χ0) is 15.2. The summed E-state index contributed by atoms with van der Waals surface area (Å²) in [5, 5.41) is 6.06. The van der Waals surface area contributed by atoms with Gasteiger partial charge in [-0.1, -0.05) is 20.8 Å². The second-order valence-corrected chi connectivity index (χ2v) is 7.65. The van der Waals surface area contributed by atoms with Crippen LogP contribution in [-0.4, -0.2) is 57.1 Å². The van der Waals surface area contributed by atoms with Gasteiger partial charge in [-0.05, 0) is 31.3 Å². The molecule has 2 N–H and O–H groups in total. The largest absolute Gasteiger partial charge is 0.355 e. The zero-order valence-electron chi connectivity index (χ0n) is 12.7. The predicted octanol–water partition coefficient (Wildman–Crippen LogP) is 0.164. The molecule has 0 saturated carbocycles. The Labute approximate surface area is 122 Å². The van der Waals surface area contributed by atoms with Gasteiger partial charge in [0, 0.05) is 19.6 Å². The van der Waals surface area contributed by atoms with Crippen molar-refractivity contribution in [3.63, 3.8) is 0 Å². The van der Waals surface area contributed by atoms with Crippen molar-refractivity contribution in [2.75, 3.05) is 38.5 Å². The van der Waals surface area contributed by atoms with Crippen LogP contribution in [0.15, 0.2) is 0 Å². The van der Waals surface area contributed by atoms with Gasteiger partial charge in [-0.15, -0.1) is 0 Å². The molecule has 20 heavy (non-hydrogen) atoms. The number of rotatable bonds is 7. The van der Waals surface area contributed by atoms with Crippen LogP contribution in [0.1, 0.15) is 33.6 Å². The first-order valence-electron chi connectivity index (χ1n) is 7.28. The Morgan fingerprint density at radius 2 is 1.80 bits per heavy atom. The minimum absolute atomic E-state index is 0.0693. The molecule has 1 amide bonds. The Morgan fingerprint density at radius 1 is 1.25 bits per heavy atom. The van der Waals surface area contributed by atoms with E-state index in [2.05, 4.69) is 17.6 Å². The summed E-state index contributed by atoms with van der Waals surface area (Å²) in [6.45, 7) is 8.91. The van der Waals surface area contributed by atoms with Gasteiger partial charge < -0.3 is 10.6 Å². The van der Waals surface area contributed by atoms with Gasteiger partial charge in [0.2, 0.25) is 15.9 Å². The number of nitrogens with one attached hydrogen (secondary N) is 2. The third-order valence-corrected chi connectivity index (χ3v) is 5.87. The fraction of sp³-hybridized carbons (Fsp3) is 0.923. The van der Waals surface area contributed by atoms with Crippen LogP contribution in [0.5, 0.6) is 0 Å². The highest BCUT2D eigenvalue weighted by Gasteiger charge is 2.28. The summed E-state index contributed by atoms with van der Waals surface area (Å²) in [6, 6.07) is 0. The molecule has 0 spiro atoms. The molecule has 0 atom stereocenters. The average Bonchev–Trinajstić information content (AvgIpc) is 2.38. The molecule has 0 radical (unpaired) electrons. The monoisotopic (exact) mass is 305 g/mol. The molecule has 118 valence electrons. The maximum absolute atomic E-state index is 12.0. The molecule has 0 aromatic heterocycles. The van der Waals surface area contributed by atoms with Crippen LogP contribution in [0, 0.1) is 5.41 Å². The van der Waals surface area contributed by atoms with Crippen LogP contribution < -0.4 is 10.6 Å². The highest BCUT2D eigenvalue weighted by Crippen LogP contribution is 2.26. The third-order valence-electron chi connectivity index (χ3n) is 3.94. The van der Waals surface area contributed by atoms with Crippen LogP contribution in [-0.2, 0) is 14.8 Å². The van der Waals surface area contributed by atoms with E-state index in [4.69, 9.17) is 0 Å². The van der Waals surface area contributed by atoms with Crippen molar-refractivity contribution in [1.82, 2.24) is 14.9 Å².